The number of fused-ring (bicyclic) bond motifs is 1. The Morgan fingerprint density at radius 1 is 1.24 bits per heavy atom. The number of ether oxygens (including phenoxy) is 2. The summed E-state index contributed by atoms with van der Waals surface area (Å²) < 4.78 is 10.8. The summed E-state index contributed by atoms with van der Waals surface area (Å²) >= 11 is 1.56. The molecule has 1 fully saturated rings. The normalized spacial score (nSPS) is 20.0. The van der Waals surface area contributed by atoms with E-state index >= 15 is 0 Å². The maximum absolute atomic E-state index is 12.4. The van der Waals surface area contributed by atoms with E-state index in [4.69, 9.17) is 9.47 Å². The van der Waals surface area contributed by atoms with Gasteiger partial charge in [0.25, 0.3) is 5.91 Å². The average Bonchev–Trinajstić information content (AvgIpc) is 3.25. The Balaban J connectivity index is 1.50. The van der Waals surface area contributed by atoms with Crippen LogP contribution in [0, 0.1) is 0 Å². The lowest BCUT2D eigenvalue weighted by atomic mass is 9.98. The van der Waals surface area contributed by atoms with Gasteiger partial charge in [-0.05, 0) is 35.6 Å². The minimum atomic E-state index is 0.138. The van der Waals surface area contributed by atoms with E-state index in [1.54, 1.807) is 11.3 Å². The molecule has 0 spiro atoms. The zero-order valence-corrected chi connectivity index (χ0v) is 12.3. The van der Waals surface area contributed by atoms with Crippen molar-refractivity contribution in [3.8, 4) is 11.5 Å². The SMILES string of the molecule is O=C(c1ccsc1)N1CCC(c2ccc3c(c2)OCO3)C1. The van der Waals surface area contributed by atoms with Crippen molar-refractivity contribution in [2.75, 3.05) is 19.9 Å². The van der Waals surface area contributed by atoms with Crippen molar-refractivity contribution >= 4 is 17.2 Å². The molecular formula is C16H15NO3S. The molecule has 1 amide bonds. The highest BCUT2D eigenvalue weighted by molar-refractivity contribution is 7.08. The summed E-state index contributed by atoms with van der Waals surface area (Å²) in [6.07, 6.45) is 0.996. The van der Waals surface area contributed by atoms with Crippen molar-refractivity contribution in [1.82, 2.24) is 4.90 Å². The van der Waals surface area contributed by atoms with E-state index in [1.807, 2.05) is 33.9 Å². The summed E-state index contributed by atoms with van der Waals surface area (Å²) in [6, 6.07) is 7.98. The molecule has 0 N–H and O–H groups in total. The summed E-state index contributed by atoms with van der Waals surface area (Å²) in [4.78, 5) is 14.3. The molecule has 2 aliphatic heterocycles. The summed E-state index contributed by atoms with van der Waals surface area (Å²) in [5.74, 6) is 2.14. The predicted octanol–water partition coefficient (Wildman–Crippen LogP) is 3.11. The third kappa shape index (κ3) is 2.27. The molecule has 0 radical (unpaired) electrons. The van der Waals surface area contributed by atoms with Crippen molar-refractivity contribution in [2.45, 2.75) is 12.3 Å². The smallest absolute Gasteiger partial charge is 0.254 e. The number of benzene rings is 1. The van der Waals surface area contributed by atoms with Crippen molar-refractivity contribution in [3.05, 3.63) is 46.2 Å². The van der Waals surface area contributed by atoms with E-state index in [1.165, 1.54) is 5.56 Å². The number of carbonyl (C=O) groups is 1. The van der Waals surface area contributed by atoms with Gasteiger partial charge in [0.15, 0.2) is 11.5 Å². The molecule has 0 bridgehead atoms. The fraction of sp³-hybridized carbons (Fsp3) is 0.312. The van der Waals surface area contributed by atoms with Gasteiger partial charge >= 0.3 is 0 Å². The van der Waals surface area contributed by atoms with Crippen molar-refractivity contribution in [2.24, 2.45) is 0 Å². The van der Waals surface area contributed by atoms with Gasteiger partial charge in [-0.25, -0.2) is 0 Å². The van der Waals surface area contributed by atoms with Crippen molar-refractivity contribution in [1.29, 1.82) is 0 Å². The monoisotopic (exact) mass is 301 g/mol. The van der Waals surface area contributed by atoms with Gasteiger partial charge in [0.05, 0.1) is 5.56 Å². The van der Waals surface area contributed by atoms with Gasteiger partial charge in [-0.1, -0.05) is 6.07 Å². The summed E-state index contributed by atoms with van der Waals surface area (Å²) in [6.45, 7) is 1.88. The van der Waals surface area contributed by atoms with Crippen molar-refractivity contribution in [3.63, 3.8) is 0 Å². The maximum atomic E-state index is 12.4. The lowest BCUT2D eigenvalue weighted by Crippen LogP contribution is -2.28. The van der Waals surface area contributed by atoms with Gasteiger partial charge in [-0.2, -0.15) is 11.3 Å². The standard InChI is InChI=1S/C16H15NO3S/c18-16(13-4-6-21-9-13)17-5-3-12(8-17)11-1-2-14-15(7-11)20-10-19-14/h1-2,4,6-7,9,12H,3,5,8,10H2. The van der Waals surface area contributed by atoms with Gasteiger partial charge in [-0.3, -0.25) is 4.79 Å². The Kier molecular flexibility index (Phi) is 3.07. The van der Waals surface area contributed by atoms with E-state index in [9.17, 15) is 4.79 Å². The molecule has 2 aromatic rings. The largest absolute Gasteiger partial charge is 0.454 e. The quantitative estimate of drug-likeness (QED) is 0.855. The molecule has 108 valence electrons. The number of likely N-dealkylation sites (tertiary alicyclic amines) is 1. The molecule has 0 aliphatic carbocycles. The number of amides is 1. The molecule has 21 heavy (non-hydrogen) atoms. The molecular weight excluding hydrogens is 286 g/mol. The first-order chi connectivity index (χ1) is 10.3. The highest BCUT2D eigenvalue weighted by Gasteiger charge is 2.29. The van der Waals surface area contributed by atoms with Crippen LogP contribution >= 0.6 is 11.3 Å². The molecule has 2 aliphatic rings. The second-order valence-corrected chi connectivity index (χ2v) is 6.14. The first-order valence-corrected chi connectivity index (χ1v) is 7.96. The topological polar surface area (TPSA) is 38.8 Å². The van der Waals surface area contributed by atoms with Gasteiger partial charge in [0.2, 0.25) is 6.79 Å². The predicted molar refractivity (Wildman–Crippen MR) is 80.1 cm³/mol. The lowest BCUT2D eigenvalue weighted by molar-refractivity contribution is 0.0791. The van der Waals surface area contributed by atoms with Crippen LogP contribution in [0.3, 0.4) is 0 Å². The number of carbonyl (C=O) groups excluding carboxylic acids is 1. The van der Waals surface area contributed by atoms with Crippen LogP contribution in [0.25, 0.3) is 0 Å². The third-order valence-corrected chi connectivity index (χ3v) is 4.79. The van der Waals surface area contributed by atoms with Gasteiger partial charge in [0.1, 0.15) is 0 Å². The first kappa shape index (κ1) is 12.7. The van der Waals surface area contributed by atoms with Gasteiger partial charge in [0, 0.05) is 24.4 Å². The number of nitrogens with zero attached hydrogens (tertiary/aromatic N) is 1. The van der Waals surface area contributed by atoms with Crippen LogP contribution < -0.4 is 9.47 Å². The highest BCUT2D eigenvalue weighted by Crippen LogP contribution is 2.37. The molecule has 5 heteroatoms. The van der Waals surface area contributed by atoms with Crippen LogP contribution in [0.1, 0.15) is 28.3 Å². The highest BCUT2D eigenvalue weighted by atomic mass is 32.1. The van der Waals surface area contributed by atoms with E-state index < -0.39 is 0 Å². The van der Waals surface area contributed by atoms with Crippen LogP contribution in [0.15, 0.2) is 35.0 Å². The number of hydrogen-bond acceptors (Lipinski definition) is 4. The zero-order chi connectivity index (χ0) is 14.2. The fourth-order valence-electron chi connectivity index (χ4n) is 2.95. The third-order valence-electron chi connectivity index (χ3n) is 4.11. The fourth-order valence-corrected chi connectivity index (χ4v) is 3.58. The summed E-state index contributed by atoms with van der Waals surface area (Å²) in [5.41, 5.74) is 2.02. The Morgan fingerprint density at radius 3 is 3.00 bits per heavy atom. The molecule has 4 rings (SSSR count). The average molecular weight is 301 g/mol. The Morgan fingerprint density at radius 2 is 2.14 bits per heavy atom. The van der Waals surface area contributed by atoms with Crippen LogP contribution in [-0.4, -0.2) is 30.7 Å². The summed E-state index contributed by atoms with van der Waals surface area (Å²) in [5, 5.41) is 3.86. The van der Waals surface area contributed by atoms with Crippen LogP contribution in [0.4, 0.5) is 0 Å². The molecule has 1 aromatic carbocycles. The molecule has 1 saturated heterocycles. The van der Waals surface area contributed by atoms with Gasteiger partial charge in [-0.15, -0.1) is 0 Å². The van der Waals surface area contributed by atoms with E-state index in [0.29, 0.717) is 12.7 Å². The molecule has 1 atom stereocenters. The molecule has 1 aromatic heterocycles. The number of hydrogen-bond donors (Lipinski definition) is 0. The number of thiophene rings is 1. The summed E-state index contributed by atoms with van der Waals surface area (Å²) in [7, 11) is 0. The molecule has 4 nitrogen and oxygen atoms in total. The minimum absolute atomic E-state index is 0.138. The lowest BCUT2D eigenvalue weighted by Gasteiger charge is -2.16. The number of rotatable bonds is 2. The van der Waals surface area contributed by atoms with Crippen LogP contribution in [0.5, 0.6) is 11.5 Å². The van der Waals surface area contributed by atoms with Crippen LogP contribution in [0.2, 0.25) is 0 Å². The van der Waals surface area contributed by atoms with E-state index in [0.717, 1.165) is 36.6 Å². The van der Waals surface area contributed by atoms with Gasteiger partial charge < -0.3 is 14.4 Å². The molecule has 0 saturated carbocycles. The second kappa shape index (κ2) is 5.07. The van der Waals surface area contributed by atoms with E-state index in [-0.39, 0.29) is 5.91 Å². The molecule has 1 unspecified atom stereocenters. The first-order valence-electron chi connectivity index (χ1n) is 7.02. The Hall–Kier alpha value is -2.01. The maximum Gasteiger partial charge on any atom is 0.254 e. The van der Waals surface area contributed by atoms with Crippen molar-refractivity contribution < 1.29 is 14.3 Å². The Labute approximate surface area is 126 Å². The minimum Gasteiger partial charge on any atom is -0.454 e. The second-order valence-electron chi connectivity index (χ2n) is 5.36. The Bertz CT molecular complexity index is 668. The van der Waals surface area contributed by atoms with Crippen LogP contribution in [-0.2, 0) is 0 Å². The zero-order valence-electron chi connectivity index (χ0n) is 11.5. The molecule has 3 heterocycles. The van der Waals surface area contributed by atoms with E-state index in [2.05, 4.69) is 6.07 Å².